The second-order valence-electron chi connectivity index (χ2n) is 10.1. The standard InChI is InChI=1S/C27H33N9O2/c1-27(2,3)36-24-6-4-18(19-14-31-26(28)32-15-19)12-22(24)34-25(36)21-13-20(38-11-9-29-8-10-37)5-7-23(21)35-17-30-16-33-35/h4-7,12,14-17,20,29,37H,8-11,13H2,1-3H3,(H2,28,31,32). The number of rotatable bonds is 9. The molecular weight excluding hydrogens is 482 g/mol. The number of aliphatic hydroxyl groups excluding tert-OH is 1. The number of nitrogens with zero attached hydrogens (tertiary/aromatic N) is 7. The predicted molar refractivity (Wildman–Crippen MR) is 147 cm³/mol. The van der Waals surface area contributed by atoms with Crippen molar-refractivity contribution in [3.05, 3.63) is 61.2 Å². The zero-order valence-corrected chi connectivity index (χ0v) is 21.9. The van der Waals surface area contributed by atoms with Crippen LogP contribution in [0.15, 0.2) is 55.4 Å². The van der Waals surface area contributed by atoms with Gasteiger partial charge in [-0.1, -0.05) is 12.1 Å². The van der Waals surface area contributed by atoms with E-state index in [1.807, 2.05) is 6.08 Å². The third-order valence-corrected chi connectivity index (χ3v) is 6.35. The largest absolute Gasteiger partial charge is 0.395 e. The average molecular weight is 516 g/mol. The quantitative estimate of drug-likeness (QED) is 0.287. The first-order valence-electron chi connectivity index (χ1n) is 12.7. The van der Waals surface area contributed by atoms with E-state index in [0.29, 0.717) is 26.1 Å². The molecule has 0 aliphatic heterocycles. The molecule has 3 aromatic heterocycles. The summed E-state index contributed by atoms with van der Waals surface area (Å²) < 4.78 is 10.2. The fourth-order valence-electron chi connectivity index (χ4n) is 4.66. The number of benzene rings is 1. The number of imidazole rings is 1. The molecule has 0 saturated heterocycles. The summed E-state index contributed by atoms with van der Waals surface area (Å²) >= 11 is 0. The average Bonchev–Trinajstić information content (AvgIpc) is 3.57. The summed E-state index contributed by atoms with van der Waals surface area (Å²) in [4.78, 5) is 17.6. The molecule has 5 rings (SSSR count). The SMILES string of the molecule is CC(C)(C)n1c(C2=C(n3cncn3)C=CC(OCCNCCO)C2)nc2cc(-c3cnc(N)nc3)ccc21. The van der Waals surface area contributed by atoms with Crippen LogP contribution in [-0.2, 0) is 10.3 Å². The van der Waals surface area contributed by atoms with Crippen LogP contribution in [-0.4, -0.2) is 71.8 Å². The molecule has 0 radical (unpaired) electrons. The van der Waals surface area contributed by atoms with E-state index in [1.54, 1.807) is 23.4 Å². The van der Waals surface area contributed by atoms with Crippen LogP contribution in [0.2, 0.25) is 0 Å². The number of allylic oxidation sites excluding steroid dienone is 2. The summed E-state index contributed by atoms with van der Waals surface area (Å²) in [6, 6.07) is 6.22. The van der Waals surface area contributed by atoms with E-state index >= 15 is 0 Å². The van der Waals surface area contributed by atoms with E-state index < -0.39 is 0 Å². The van der Waals surface area contributed by atoms with Crippen molar-refractivity contribution in [2.24, 2.45) is 0 Å². The molecule has 0 amide bonds. The molecule has 198 valence electrons. The third-order valence-electron chi connectivity index (χ3n) is 6.35. The first-order valence-corrected chi connectivity index (χ1v) is 12.7. The van der Waals surface area contributed by atoms with Gasteiger partial charge < -0.3 is 25.5 Å². The summed E-state index contributed by atoms with van der Waals surface area (Å²) in [5.41, 5.74) is 11.1. The smallest absolute Gasteiger partial charge is 0.219 e. The number of aliphatic hydroxyl groups is 1. The Labute approximate surface area is 221 Å². The van der Waals surface area contributed by atoms with Gasteiger partial charge in [0, 0.05) is 48.6 Å². The summed E-state index contributed by atoms with van der Waals surface area (Å²) in [6.45, 7) is 8.37. The molecule has 0 spiro atoms. The van der Waals surface area contributed by atoms with Gasteiger partial charge in [0.1, 0.15) is 18.5 Å². The maximum Gasteiger partial charge on any atom is 0.219 e. The Balaban J connectivity index is 1.58. The molecule has 1 unspecified atom stereocenters. The highest BCUT2D eigenvalue weighted by Gasteiger charge is 2.29. The molecule has 4 N–H and O–H groups in total. The number of ether oxygens (including phenoxy) is 1. The fourth-order valence-corrected chi connectivity index (χ4v) is 4.66. The topological polar surface area (TPSA) is 142 Å². The van der Waals surface area contributed by atoms with E-state index in [0.717, 1.165) is 39.3 Å². The maximum atomic E-state index is 8.98. The van der Waals surface area contributed by atoms with Crippen LogP contribution >= 0.6 is 0 Å². The Morgan fingerprint density at radius 1 is 1.16 bits per heavy atom. The summed E-state index contributed by atoms with van der Waals surface area (Å²) in [5, 5.41) is 16.5. The molecule has 1 aromatic carbocycles. The number of aromatic nitrogens is 7. The molecule has 4 aromatic rings. The van der Waals surface area contributed by atoms with Crippen molar-refractivity contribution >= 4 is 28.3 Å². The minimum Gasteiger partial charge on any atom is -0.395 e. The van der Waals surface area contributed by atoms with Gasteiger partial charge in [0.25, 0.3) is 0 Å². The van der Waals surface area contributed by atoms with Crippen molar-refractivity contribution < 1.29 is 9.84 Å². The van der Waals surface area contributed by atoms with Crippen LogP contribution < -0.4 is 11.1 Å². The number of hydrogen-bond acceptors (Lipinski definition) is 9. The van der Waals surface area contributed by atoms with E-state index in [1.165, 1.54) is 6.33 Å². The zero-order chi connectivity index (χ0) is 26.7. The third kappa shape index (κ3) is 5.35. The van der Waals surface area contributed by atoms with Crippen molar-refractivity contribution in [2.45, 2.75) is 38.8 Å². The van der Waals surface area contributed by atoms with Crippen LogP contribution in [0.5, 0.6) is 0 Å². The Hall–Kier alpha value is -3.93. The zero-order valence-electron chi connectivity index (χ0n) is 21.9. The molecule has 1 aliphatic rings. The van der Waals surface area contributed by atoms with E-state index in [-0.39, 0.29) is 24.2 Å². The summed E-state index contributed by atoms with van der Waals surface area (Å²) in [6.07, 6.45) is 11.3. The lowest BCUT2D eigenvalue weighted by molar-refractivity contribution is 0.0892. The molecule has 38 heavy (non-hydrogen) atoms. The van der Waals surface area contributed by atoms with Gasteiger partial charge in [0.2, 0.25) is 5.95 Å². The van der Waals surface area contributed by atoms with Crippen molar-refractivity contribution in [2.75, 3.05) is 32.0 Å². The first-order chi connectivity index (χ1) is 18.3. The Morgan fingerprint density at radius 2 is 1.97 bits per heavy atom. The monoisotopic (exact) mass is 515 g/mol. The van der Waals surface area contributed by atoms with Gasteiger partial charge in [-0.05, 0) is 44.5 Å². The van der Waals surface area contributed by atoms with Crippen LogP contribution in [0.4, 0.5) is 5.95 Å². The Kier molecular flexibility index (Phi) is 7.32. The second kappa shape index (κ2) is 10.8. The van der Waals surface area contributed by atoms with Gasteiger partial charge in [-0.25, -0.2) is 24.6 Å². The minimum atomic E-state index is -0.248. The van der Waals surface area contributed by atoms with Crippen molar-refractivity contribution in [3.63, 3.8) is 0 Å². The summed E-state index contributed by atoms with van der Waals surface area (Å²) in [5.74, 6) is 1.10. The lowest BCUT2D eigenvalue weighted by atomic mass is 9.97. The van der Waals surface area contributed by atoms with Gasteiger partial charge in [0.05, 0.1) is 36.0 Å². The molecule has 3 heterocycles. The number of nitrogens with one attached hydrogen (secondary N) is 1. The lowest BCUT2D eigenvalue weighted by Gasteiger charge is -2.28. The number of nitrogen functional groups attached to an aromatic ring is 1. The van der Waals surface area contributed by atoms with Gasteiger partial charge in [-0.3, -0.25) is 0 Å². The maximum absolute atomic E-state index is 8.98. The van der Waals surface area contributed by atoms with Gasteiger partial charge in [0.15, 0.2) is 0 Å². The highest BCUT2D eigenvalue weighted by molar-refractivity contribution is 5.91. The molecule has 1 atom stereocenters. The van der Waals surface area contributed by atoms with E-state index in [4.69, 9.17) is 20.6 Å². The number of nitrogens with two attached hydrogens (primary N) is 1. The molecule has 0 bridgehead atoms. The molecular formula is C27H33N9O2. The number of fused-ring (bicyclic) bond motifs is 1. The molecule has 0 fully saturated rings. The van der Waals surface area contributed by atoms with E-state index in [9.17, 15) is 0 Å². The minimum absolute atomic E-state index is 0.105. The molecule has 0 saturated carbocycles. The molecule has 11 nitrogen and oxygen atoms in total. The van der Waals surface area contributed by atoms with Gasteiger partial charge >= 0.3 is 0 Å². The van der Waals surface area contributed by atoms with Crippen molar-refractivity contribution in [1.82, 2.24) is 39.6 Å². The fraction of sp³-hybridized carbons (Fsp3) is 0.370. The Bertz CT molecular complexity index is 1450. The number of anilines is 1. The summed E-state index contributed by atoms with van der Waals surface area (Å²) in [7, 11) is 0. The van der Waals surface area contributed by atoms with Crippen LogP contribution in [0.25, 0.3) is 33.4 Å². The predicted octanol–water partition coefficient (Wildman–Crippen LogP) is 2.72. The van der Waals surface area contributed by atoms with Crippen molar-refractivity contribution in [1.29, 1.82) is 0 Å². The highest BCUT2D eigenvalue weighted by Crippen LogP contribution is 2.37. The van der Waals surface area contributed by atoms with Crippen molar-refractivity contribution in [3.8, 4) is 11.1 Å². The molecule has 11 heteroatoms. The van der Waals surface area contributed by atoms with Gasteiger partial charge in [-0.15, -0.1) is 0 Å². The van der Waals surface area contributed by atoms with Crippen LogP contribution in [0.1, 0.15) is 33.0 Å². The second-order valence-corrected chi connectivity index (χ2v) is 10.1. The number of hydrogen-bond donors (Lipinski definition) is 3. The highest BCUT2D eigenvalue weighted by atomic mass is 16.5. The van der Waals surface area contributed by atoms with E-state index in [2.05, 4.69) is 75.0 Å². The molecule has 1 aliphatic carbocycles. The van der Waals surface area contributed by atoms with Crippen LogP contribution in [0, 0.1) is 0 Å². The van der Waals surface area contributed by atoms with Gasteiger partial charge in [-0.2, -0.15) is 5.10 Å². The normalized spacial score (nSPS) is 16.1. The first kappa shape index (κ1) is 25.7. The Morgan fingerprint density at radius 3 is 2.68 bits per heavy atom. The van der Waals surface area contributed by atoms with Crippen LogP contribution in [0.3, 0.4) is 0 Å². The lowest BCUT2D eigenvalue weighted by Crippen LogP contribution is -2.27.